The Morgan fingerprint density at radius 2 is 2.00 bits per heavy atom. The van der Waals surface area contributed by atoms with Gasteiger partial charge in [0.2, 0.25) is 5.91 Å². The molecule has 1 amide bonds. The second-order valence-corrected chi connectivity index (χ2v) is 9.03. The zero-order valence-electron chi connectivity index (χ0n) is 15.5. The largest absolute Gasteiger partial charge is 0.451 e. The molecule has 0 aromatic heterocycles. The van der Waals surface area contributed by atoms with Crippen molar-refractivity contribution in [2.75, 3.05) is 26.3 Å². The van der Waals surface area contributed by atoms with E-state index in [2.05, 4.69) is 10.0 Å². The minimum absolute atomic E-state index is 0.0475. The number of amides is 1. The number of nitrogens with two attached hydrogens (primary N) is 2. The third kappa shape index (κ3) is 6.36. The first kappa shape index (κ1) is 22.5. The second-order valence-electron chi connectivity index (χ2n) is 7.32. The number of nitrogens with zero attached hydrogens (tertiary/aromatic N) is 1. The average molecular weight is 407 g/mol. The lowest BCUT2D eigenvalue weighted by Crippen LogP contribution is -2.55. The van der Waals surface area contributed by atoms with Crippen LogP contribution in [0.5, 0.6) is 0 Å². The lowest BCUT2D eigenvalue weighted by Gasteiger charge is -2.24. The van der Waals surface area contributed by atoms with Crippen LogP contribution in [0.2, 0.25) is 6.32 Å². The zero-order chi connectivity index (χ0) is 20.2. The number of nitrogens with one attached hydrogen (secondary N) is 2. The lowest BCUT2D eigenvalue weighted by atomic mass is 9.82. The molecule has 27 heavy (non-hydrogen) atoms. The zero-order valence-corrected chi connectivity index (χ0v) is 16.3. The molecule has 156 valence electrons. The van der Waals surface area contributed by atoms with E-state index >= 15 is 0 Å². The predicted octanol–water partition coefficient (Wildman–Crippen LogP) is -3.44. The fraction of sp³-hybridized carbons (Fsp3) is 0.929. The molecule has 0 bridgehead atoms. The predicted molar refractivity (Wildman–Crippen MR) is 99.5 cm³/mol. The standard InChI is InChI=1S/C14H30BN5O6S/c1-9(16)14(21)18-12-7-26-8-13(12)19-27(24,25)20-5-10(11(17)6-20)3-2-4-15(22)23/h9-13,19,22-23H,2-8,16-17H2,1H3,(H,18,21)/t9?,10-,11-,12?,13+/m0/s1. The molecule has 2 aliphatic rings. The average Bonchev–Trinajstić information content (AvgIpc) is 3.14. The van der Waals surface area contributed by atoms with Gasteiger partial charge in [-0.05, 0) is 25.6 Å². The highest BCUT2D eigenvalue weighted by molar-refractivity contribution is 7.87. The van der Waals surface area contributed by atoms with Crippen molar-refractivity contribution >= 4 is 23.2 Å². The molecule has 2 saturated heterocycles. The van der Waals surface area contributed by atoms with Crippen molar-refractivity contribution < 1.29 is 28.0 Å². The Bertz CT molecular complexity index is 607. The van der Waals surface area contributed by atoms with Gasteiger partial charge in [0.15, 0.2) is 0 Å². The Labute approximate surface area is 160 Å². The molecule has 2 aliphatic heterocycles. The summed E-state index contributed by atoms with van der Waals surface area (Å²) in [6.07, 6.45) is 1.40. The summed E-state index contributed by atoms with van der Waals surface area (Å²) in [7, 11) is -5.16. The maximum atomic E-state index is 12.7. The van der Waals surface area contributed by atoms with Crippen LogP contribution in [0, 0.1) is 5.92 Å². The molecule has 2 rings (SSSR count). The summed E-state index contributed by atoms with van der Waals surface area (Å²) < 4.78 is 34.6. The van der Waals surface area contributed by atoms with Gasteiger partial charge in [0.05, 0.1) is 31.3 Å². The van der Waals surface area contributed by atoms with Crippen LogP contribution in [0.4, 0.5) is 0 Å². The van der Waals surface area contributed by atoms with Crippen molar-refractivity contribution in [3.05, 3.63) is 0 Å². The molecule has 8 N–H and O–H groups in total. The van der Waals surface area contributed by atoms with Gasteiger partial charge in [-0.2, -0.15) is 17.4 Å². The lowest BCUT2D eigenvalue weighted by molar-refractivity contribution is -0.122. The molecule has 0 aromatic carbocycles. The number of carbonyl (C=O) groups excluding carboxylic acids is 1. The summed E-state index contributed by atoms with van der Waals surface area (Å²) in [5.74, 6) is -0.419. The Kier molecular flexibility index (Phi) is 8.00. The normalized spacial score (nSPS) is 30.4. The fourth-order valence-electron chi connectivity index (χ4n) is 3.31. The van der Waals surface area contributed by atoms with Crippen LogP contribution < -0.4 is 21.5 Å². The monoisotopic (exact) mass is 407 g/mol. The van der Waals surface area contributed by atoms with Gasteiger partial charge in [0.1, 0.15) is 0 Å². The topological polar surface area (TPSA) is 180 Å². The van der Waals surface area contributed by atoms with Crippen molar-refractivity contribution in [2.45, 2.75) is 50.3 Å². The van der Waals surface area contributed by atoms with E-state index in [-0.39, 0.29) is 50.5 Å². The van der Waals surface area contributed by atoms with Crippen molar-refractivity contribution in [3.63, 3.8) is 0 Å². The summed E-state index contributed by atoms with van der Waals surface area (Å²) in [5.41, 5.74) is 11.6. The van der Waals surface area contributed by atoms with Crippen molar-refractivity contribution in [3.8, 4) is 0 Å². The SMILES string of the molecule is CC(N)C(=O)NC1COC[C@H]1NS(=O)(=O)N1C[C@H](CCCB(O)O)[C@@H](N)C1. The van der Waals surface area contributed by atoms with Crippen LogP contribution in [-0.4, -0.2) is 86.3 Å². The van der Waals surface area contributed by atoms with E-state index in [1.807, 2.05) is 0 Å². The first-order valence-electron chi connectivity index (χ1n) is 9.13. The molecule has 0 aromatic rings. The van der Waals surface area contributed by atoms with E-state index < -0.39 is 35.5 Å². The maximum absolute atomic E-state index is 12.7. The number of carbonyl (C=O) groups is 1. The molecular formula is C14H30BN5O6S. The second kappa shape index (κ2) is 9.61. The van der Waals surface area contributed by atoms with Crippen molar-refractivity contribution in [1.29, 1.82) is 0 Å². The third-order valence-corrected chi connectivity index (χ3v) is 6.54. The molecule has 11 nitrogen and oxygen atoms in total. The Balaban J connectivity index is 1.91. The number of ether oxygens (including phenoxy) is 1. The van der Waals surface area contributed by atoms with Gasteiger partial charge in [-0.3, -0.25) is 4.79 Å². The molecule has 13 heteroatoms. The van der Waals surface area contributed by atoms with Crippen LogP contribution in [-0.2, 0) is 19.7 Å². The Morgan fingerprint density at radius 3 is 2.63 bits per heavy atom. The van der Waals surface area contributed by atoms with E-state index in [1.54, 1.807) is 6.92 Å². The fourth-order valence-corrected chi connectivity index (χ4v) is 4.83. The maximum Gasteiger partial charge on any atom is 0.451 e. The van der Waals surface area contributed by atoms with E-state index in [0.29, 0.717) is 12.8 Å². The van der Waals surface area contributed by atoms with E-state index in [9.17, 15) is 13.2 Å². The van der Waals surface area contributed by atoms with Gasteiger partial charge in [0.25, 0.3) is 10.2 Å². The highest BCUT2D eigenvalue weighted by atomic mass is 32.2. The van der Waals surface area contributed by atoms with Crippen LogP contribution in [0.15, 0.2) is 0 Å². The van der Waals surface area contributed by atoms with Gasteiger partial charge < -0.3 is 31.6 Å². The molecule has 5 atom stereocenters. The van der Waals surface area contributed by atoms with Crippen LogP contribution in [0.3, 0.4) is 0 Å². The minimum Gasteiger partial charge on any atom is -0.427 e. The molecule has 0 aliphatic carbocycles. The Hall–Kier alpha value is -0.795. The van der Waals surface area contributed by atoms with Gasteiger partial charge in [-0.1, -0.05) is 6.42 Å². The smallest absolute Gasteiger partial charge is 0.427 e. The molecule has 0 spiro atoms. The van der Waals surface area contributed by atoms with Gasteiger partial charge in [-0.15, -0.1) is 0 Å². The summed E-state index contributed by atoms with van der Waals surface area (Å²) >= 11 is 0. The molecule has 2 heterocycles. The summed E-state index contributed by atoms with van der Waals surface area (Å²) in [6.45, 7) is 2.36. The highest BCUT2D eigenvalue weighted by Gasteiger charge is 2.40. The van der Waals surface area contributed by atoms with Crippen molar-refractivity contribution in [1.82, 2.24) is 14.3 Å². The highest BCUT2D eigenvalue weighted by Crippen LogP contribution is 2.24. The quantitative estimate of drug-likeness (QED) is 0.214. The first-order chi connectivity index (χ1) is 12.6. The van der Waals surface area contributed by atoms with Gasteiger partial charge in [0, 0.05) is 19.1 Å². The van der Waals surface area contributed by atoms with Crippen molar-refractivity contribution in [2.24, 2.45) is 17.4 Å². The van der Waals surface area contributed by atoms with Crippen LogP contribution in [0.1, 0.15) is 19.8 Å². The third-order valence-electron chi connectivity index (χ3n) is 4.96. The van der Waals surface area contributed by atoms with E-state index in [1.165, 1.54) is 4.31 Å². The summed E-state index contributed by atoms with van der Waals surface area (Å²) in [6, 6.07) is -2.09. The van der Waals surface area contributed by atoms with Crippen LogP contribution >= 0.6 is 0 Å². The first-order valence-corrected chi connectivity index (χ1v) is 10.6. The number of hydrogen-bond donors (Lipinski definition) is 6. The molecule has 2 fully saturated rings. The van der Waals surface area contributed by atoms with E-state index in [0.717, 1.165) is 0 Å². The number of rotatable bonds is 9. The Morgan fingerprint density at radius 1 is 1.33 bits per heavy atom. The van der Waals surface area contributed by atoms with Gasteiger partial charge >= 0.3 is 7.12 Å². The van der Waals surface area contributed by atoms with Gasteiger partial charge in [-0.25, -0.2) is 0 Å². The molecule has 0 radical (unpaired) electrons. The number of hydrogen-bond acceptors (Lipinski definition) is 8. The summed E-state index contributed by atoms with van der Waals surface area (Å²) in [4.78, 5) is 11.8. The molecule has 2 unspecified atom stereocenters. The van der Waals surface area contributed by atoms with E-state index in [4.69, 9.17) is 26.3 Å². The molecule has 0 saturated carbocycles. The summed E-state index contributed by atoms with van der Waals surface area (Å²) in [5, 5.41) is 20.5. The molecular weight excluding hydrogens is 377 g/mol. The van der Waals surface area contributed by atoms with Crippen LogP contribution in [0.25, 0.3) is 0 Å². The minimum atomic E-state index is -3.80.